The Morgan fingerprint density at radius 1 is 1.25 bits per heavy atom. The maximum atomic E-state index is 12.3. The molecule has 1 saturated carbocycles. The Balaban J connectivity index is 0.00000208. The number of nitrogens with two attached hydrogens (primary N) is 1. The second kappa shape index (κ2) is 8.75. The summed E-state index contributed by atoms with van der Waals surface area (Å²) in [5.41, 5.74) is 7.66. The zero-order valence-corrected chi connectivity index (χ0v) is 14.3. The summed E-state index contributed by atoms with van der Waals surface area (Å²) in [5, 5.41) is 14.2. The average Bonchev–Trinajstić information content (AvgIpc) is 3.10. The van der Waals surface area contributed by atoms with Gasteiger partial charge in [0.25, 0.3) is 0 Å². The van der Waals surface area contributed by atoms with Crippen molar-refractivity contribution in [1.82, 2.24) is 25.5 Å². The lowest BCUT2D eigenvalue weighted by atomic mass is 9.84. The third-order valence-electron chi connectivity index (χ3n) is 4.47. The Hall–Kier alpha value is -1.99. The molecule has 1 aliphatic rings. The first-order valence-corrected chi connectivity index (χ1v) is 8.08. The van der Waals surface area contributed by atoms with Crippen LogP contribution in [0.5, 0.6) is 0 Å². The molecule has 1 aromatic heterocycles. The number of nitrogens with zero attached hydrogens (tertiary/aromatic N) is 4. The summed E-state index contributed by atoms with van der Waals surface area (Å²) < 4.78 is 1.58. The molecular formula is C16H23ClN6O. The molecule has 0 spiro atoms. The number of halogens is 1. The number of carbonyl (C=O) groups is 1. The van der Waals surface area contributed by atoms with Crippen LogP contribution in [0.4, 0.5) is 0 Å². The number of hydrogen-bond acceptors (Lipinski definition) is 5. The highest BCUT2D eigenvalue weighted by Gasteiger charge is 2.25. The summed E-state index contributed by atoms with van der Waals surface area (Å²) in [4.78, 5) is 12.3. The Kier molecular flexibility index (Phi) is 6.69. The van der Waals surface area contributed by atoms with Gasteiger partial charge in [0.1, 0.15) is 6.33 Å². The standard InChI is InChI=1S/C16H22N6O.ClH/c17-10-13-3-1-2-4-15(13)19-16(23)9-12-5-7-14(8-6-12)22-11-18-20-21-22;/h5-8,11,13,15H,1-4,9-10,17H2,(H,19,23);1H. The van der Waals surface area contributed by atoms with Crippen molar-refractivity contribution in [3.05, 3.63) is 36.2 Å². The Morgan fingerprint density at radius 3 is 2.67 bits per heavy atom. The number of rotatable bonds is 5. The highest BCUT2D eigenvalue weighted by Crippen LogP contribution is 2.23. The lowest BCUT2D eigenvalue weighted by molar-refractivity contribution is -0.121. The van der Waals surface area contributed by atoms with Crippen LogP contribution in [-0.2, 0) is 11.2 Å². The zero-order valence-electron chi connectivity index (χ0n) is 13.5. The highest BCUT2D eigenvalue weighted by atomic mass is 35.5. The molecule has 0 saturated heterocycles. The first-order chi connectivity index (χ1) is 11.3. The van der Waals surface area contributed by atoms with Gasteiger partial charge < -0.3 is 11.1 Å². The molecule has 1 fully saturated rings. The lowest BCUT2D eigenvalue weighted by Crippen LogP contribution is -2.45. The topological polar surface area (TPSA) is 98.7 Å². The van der Waals surface area contributed by atoms with Crippen molar-refractivity contribution in [2.45, 2.75) is 38.1 Å². The summed E-state index contributed by atoms with van der Waals surface area (Å²) in [6, 6.07) is 7.89. The van der Waals surface area contributed by atoms with Gasteiger partial charge in [0.15, 0.2) is 0 Å². The Morgan fingerprint density at radius 2 is 2.00 bits per heavy atom. The van der Waals surface area contributed by atoms with Gasteiger partial charge in [-0.3, -0.25) is 4.79 Å². The van der Waals surface area contributed by atoms with E-state index in [0.29, 0.717) is 18.9 Å². The van der Waals surface area contributed by atoms with Crippen LogP contribution < -0.4 is 11.1 Å². The molecule has 0 bridgehead atoms. The molecule has 0 radical (unpaired) electrons. The van der Waals surface area contributed by atoms with Crippen molar-refractivity contribution in [3.8, 4) is 5.69 Å². The van der Waals surface area contributed by atoms with E-state index in [1.54, 1.807) is 4.68 Å². The maximum Gasteiger partial charge on any atom is 0.224 e. The molecular weight excluding hydrogens is 328 g/mol. The SMILES string of the molecule is Cl.NCC1CCCCC1NC(=O)Cc1ccc(-n2cnnn2)cc1. The summed E-state index contributed by atoms with van der Waals surface area (Å²) >= 11 is 0. The van der Waals surface area contributed by atoms with Gasteiger partial charge in [0, 0.05) is 6.04 Å². The van der Waals surface area contributed by atoms with Gasteiger partial charge in [-0.25, -0.2) is 4.68 Å². The molecule has 130 valence electrons. The molecule has 3 N–H and O–H groups in total. The predicted molar refractivity (Wildman–Crippen MR) is 93.0 cm³/mol. The van der Waals surface area contributed by atoms with E-state index in [2.05, 4.69) is 20.8 Å². The van der Waals surface area contributed by atoms with Gasteiger partial charge in [-0.15, -0.1) is 17.5 Å². The minimum atomic E-state index is 0. The van der Waals surface area contributed by atoms with E-state index < -0.39 is 0 Å². The highest BCUT2D eigenvalue weighted by molar-refractivity contribution is 5.85. The van der Waals surface area contributed by atoms with E-state index in [9.17, 15) is 4.79 Å². The number of carbonyl (C=O) groups excluding carboxylic acids is 1. The molecule has 8 heteroatoms. The van der Waals surface area contributed by atoms with E-state index in [0.717, 1.165) is 24.1 Å². The van der Waals surface area contributed by atoms with E-state index >= 15 is 0 Å². The van der Waals surface area contributed by atoms with Crippen LogP contribution in [0, 0.1) is 5.92 Å². The van der Waals surface area contributed by atoms with E-state index in [1.165, 1.54) is 19.2 Å². The average molecular weight is 351 g/mol. The van der Waals surface area contributed by atoms with Crippen LogP contribution in [0.3, 0.4) is 0 Å². The van der Waals surface area contributed by atoms with Crippen molar-refractivity contribution in [2.75, 3.05) is 6.54 Å². The smallest absolute Gasteiger partial charge is 0.224 e. The predicted octanol–water partition coefficient (Wildman–Crippen LogP) is 1.26. The third-order valence-corrected chi connectivity index (χ3v) is 4.47. The van der Waals surface area contributed by atoms with Gasteiger partial charge in [0.2, 0.25) is 5.91 Å². The molecule has 2 atom stereocenters. The van der Waals surface area contributed by atoms with E-state index in [4.69, 9.17) is 5.73 Å². The van der Waals surface area contributed by atoms with Gasteiger partial charge in [-0.1, -0.05) is 25.0 Å². The summed E-state index contributed by atoms with van der Waals surface area (Å²) in [6.07, 6.45) is 6.45. The first kappa shape index (κ1) is 18.4. The second-order valence-corrected chi connectivity index (χ2v) is 6.05. The lowest BCUT2D eigenvalue weighted by Gasteiger charge is -2.31. The fourth-order valence-corrected chi connectivity index (χ4v) is 3.17. The monoisotopic (exact) mass is 350 g/mol. The minimum absolute atomic E-state index is 0. The molecule has 0 aliphatic heterocycles. The Bertz CT molecular complexity index is 631. The number of benzene rings is 1. The zero-order chi connectivity index (χ0) is 16.1. The van der Waals surface area contributed by atoms with Crippen molar-refractivity contribution in [2.24, 2.45) is 11.7 Å². The number of hydrogen-bond donors (Lipinski definition) is 2. The molecule has 2 aromatic rings. The molecule has 1 aliphatic carbocycles. The van der Waals surface area contributed by atoms with E-state index in [-0.39, 0.29) is 24.4 Å². The van der Waals surface area contributed by atoms with E-state index in [1.807, 2.05) is 24.3 Å². The Labute approximate surface area is 147 Å². The van der Waals surface area contributed by atoms with Crippen LogP contribution in [0.15, 0.2) is 30.6 Å². The molecule has 1 aromatic carbocycles. The molecule has 1 heterocycles. The quantitative estimate of drug-likeness (QED) is 0.845. The first-order valence-electron chi connectivity index (χ1n) is 8.08. The number of nitrogens with one attached hydrogen (secondary N) is 1. The molecule has 24 heavy (non-hydrogen) atoms. The third kappa shape index (κ3) is 4.52. The number of tetrazole rings is 1. The van der Waals surface area contributed by atoms with Crippen LogP contribution >= 0.6 is 12.4 Å². The largest absolute Gasteiger partial charge is 0.353 e. The van der Waals surface area contributed by atoms with Crippen molar-refractivity contribution in [3.63, 3.8) is 0 Å². The van der Waals surface area contributed by atoms with Gasteiger partial charge in [-0.2, -0.15) is 0 Å². The van der Waals surface area contributed by atoms with Crippen LogP contribution in [-0.4, -0.2) is 38.7 Å². The van der Waals surface area contributed by atoms with Crippen LogP contribution in [0.2, 0.25) is 0 Å². The normalized spacial score (nSPS) is 20.2. The van der Waals surface area contributed by atoms with Crippen LogP contribution in [0.25, 0.3) is 5.69 Å². The fourth-order valence-electron chi connectivity index (χ4n) is 3.17. The molecule has 2 unspecified atom stereocenters. The van der Waals surface area contributed by atoms with Gasteiger partial charge in [0.05, 0.1) is 12.1 Å². The van der Waals surface area contributed by atoms with Crippen molar-refractivity contribution < 1.29 is 4.79 Å². The minimum Gasteiger partial charge on any atom is -0.353 e. The second-order valence-electron chi connectivity index (χ2n) is 6.05. The van der Waals surface area contributed by atoms with Gasteiger partial charge in [-0.05, 0) is 53.4 Å². The number of amides is 1. The number of aromatic nitrogens is 4. The molecule has 1 amide bonds. The molecule has 7 nitrogen and oxygen atoms in total. The van der Waals surface area contributed by atoms with Crippen molar-refractivity contribution in [1.29, 1.82) is 0 Å². The fraction of sp³-hybridized carbons (Fsp3) is 0.500. The maximum absolute atomic E-state index is 12.3. The summed E-state index contributed by atoms with van der Waals surface area (Å²) in [5.74, 6) is 0.473. The molecule has 3 rings (SSSR count). The van der Waals surface area contributed by atoms with Crippen molar-refractivity contribution >= 4 is 18.3 Å². The van der Waals surface area contributed by atoms with Crippen LogP contribution in [0.1, 0.15) is 31.2 Å². The van der Waals surface area contributed by atoms with Gasteiger partial charge >= 0.3 is 0 Å². The summed E-state index contributed by atoms with van der Waals surface area (Å²) in [7, 11) is 0. The summed E-state index contributed by atoms with van der Waals surface area (Å²) in [6.45, 7) is 0.644.